The van der Waals surface area contributed by atoms with Crippen LogP contribution in [0.3, 0.4) is 0 Å². The van der Waals surface area contributed by atoms with Crippen LogP contribution in [0.15, 0.2) is 42.5 Å². The van der Waals surface area contributed by atoms with Crippen LogP contribution in [0.1, 0.15) is 153 Å². The third kappa shape index (κ3) is 11.4. The lowest BCUT2D eigenvalue weighted by Gasteiger charge is -2.44. The van der Waals surface area contributed by atoms with E-state index in [9.17, 15) is 9.50 Å². The topological polar surface area (TPSA) is 41.3 Å². The summed E-state index contributed by atoms with van der Waals surface area (Å²) in [4.78, 5) is 7.44. The Morgan fingerprint density at radius 2 is 1.53 bits per heavy atom. The van der Waals surface area contributed by atoms with E-state index >= 15 is 0 Å². The Kier molecular flexibility index (Phi) is 15.7. The summed E-state index contributed by atoms with van der Waals surface area (Å²) in [6, 6.07) is 13.8. The van der Waals surface area contributed by atoms with Crippen molar-refractivity contribution in [1.82, 2.24) is 14.5 Å². The predicted molar refractivity (Wildman–Crippen MR) is 198 cm³/mol. The second-order valence-corrected chi connectivity index (χ2v) is 15.1. The molecule has 3 aromatic rings. The fourth-order valence-corrected chi connectivity index (χ4v) is 8.16. The summed E-state index contributed by atoms with van der Waals surface area (Å²) in [5, 5.41) is 11.8. The van der Waals surface area contributed by atoms with Gasteiger partial charge in [-0.1, -0.05) is 116 Å². The zero-order valence-electron chi connectivity index (χ0n) is 30.4. The molecule has 1 aliphatic rings. The summed E-state index contributed by atoms with van der Waals surface area (Å²) < 4.78 is 16.4. The van der Waals surface area contributed by atoms with Crippen LogP contribution in [0.2, 0.25) is 0 Å². The van der Waals surface area contributed by atoms with Gasteiger partial charge in [-0.15, -0.1) is 0 Å². The van der Waals surface area contributed by atoms with E-state index in [1.54, 1.807) is 12.1 Å². The van der Waals surface area contributed by atoms with Gasteiger partial charge in [0.15, 0.2) is 0 Å². The van der Waals surface area contributed by atoms with Crippen molar-refractivity contribution in [3.05, 3.63) is 65.2 Å². The molecule has 1 aliphatic carbocycles. The first-order valence-corrected chi connectivity index (χ1v) is 19.5. The lowest BCUT2D eigenvalue weighted by molar-refractivity contribution is -0.0301. The van der Waals surface area contributed by atoms with Crippen molar-refractivity contribution < 1.29 is 9.50 Å². The molecule has 262 valence electrons. The number of aliphatic hydroxyl groups is 1. The number of unbranched alkanes of at least 4 members (excludes halogenated alkanes) is 13. The fourth-order valence-electron chi connectivity index (χ4n) is 8.16. The SMILES string of the molecule is CCCCCCCCCCCCn1c(CCCCCCCN(C)CC[C@@]2(O)CCc3cc(F)ccc3[C@@H]2C(C)C)nc2ccccc21. The Balaban J connectivity index is 1.12. The Morgan fingerprint density at radius 1 is 0.872 bits per heavy atom. The highest BCUT2D eigenvalue weighted by atomic mass is 19.1. The number of nitrogens with zero attached hydrogens (tertiary/aromatic N) is 3. The molecule has 1 aromatic heterocycles. The highest BCUT2D eigenvalue weighted by Gasteiger charge is 2.43. The van der Waals surface area contributed by atoms with E-state index < -0.39 is 5.60 Å². The molecule has 2 atom stereocenters. The summed E-state index contributed by atoms with van der Waals surface area (Å²) >= 11 is 0. The first kappa shape index (κ1) is 37.6. The van der Waals surface area contributed by atoms with E-state index in [0.29, 0.717) is 12.3 Å². The second-order valence-electron chi connectivity index (χ2n) is 15.1. The van der Waals surface area contributed by atoms with Crippen LogP contribution >= 0.6 is 0 Å². The number of hydrogen-bond donors (Lipinski definition) is 1. The van der Waals surface area contributed by atoms with Gasteiger partial charge in [-0.05, 0) is 93.4 Å². The predicted octanol–water partition coefficient (Wildman–Crippen LogP) is 11.0. The molecule has 0 radical (unpaired) electrons. The zero-order chi connectivity index (χ0) is 33.5. The largest absolute Gasteiger partial charge is 0.389 e. The average Bonchev–Trinajstić information content (AvgIpc) is 3.41. The van der Waals surface area contributed by atoms with Crippen LogP contribution in [0, 0.1) is 11.7 Å². The molecular weight excluding hydrogens is 581 g/mol. The number of benzene rings is 2. The average molecular weight is 648 g/mol. The zero-order valence-corrected chi connectivity index (χ0v) is 30.4. The number of rotatable bonds is 23. The quantitative estimate of drug-likeness (QED) is 0.104. The minimum Gasteiger partial charge on any atom is -0.389 e. The molecule has 1 N–H and O–H groups in total. The van der Waals surface area contributed by atoms with Gasteiger partial charge in [0, 0.05) is 25.4 Å². The third-order valence-electron chi connectivity index (χ3n) is 10.8. The molecule has 2 aromatic carbocycles. The van der Waals surface area contributed by atoms with Crippen molar-refractivity contribution in [2.24, 2.45) is 5.92 Å². The van der Waals surface area contributed by atoms with Crippen LogP contribution < -0.4 is 0 Å². The van der Waals surface area contributed by atoms with Crippen molar-refractivity contribution in [3.8, 4) is 0 Å². The molecule has 0 saturated carbocycles. The Labute approximate surface area is 286 Å². The van der Waals surface area contributed by atoms with E-state index in [4.69, 9.17) is 4.98 Å². The van der Waals surface area contributed by atoms with Crippen LogP contribution in [0.5, 0.6) is 0 Å². The summed E-state index contributed by atoms with van der Waals surface area (Å²) in [5.41, 5.74) is 3.95. The summed E-state index contributed by atoms with van der Waals surface area (Å²) in [6.07, 6.45) is 23.2. The van der Waals surface area contributed by atoms with E-state index in [-0.39, 0.29) is 11.7 Å². The standard InChI is InChI=1S/C42H66FN3O/c1-5-6-7-8-9-10-11-12-16-21-31-46-39-23-19-18-22-38(39)44-40(46)24-17-14-13-15-20-30-45(4)32-29-42(47)28-27-35-33-36(43)25-26-37(35)41(42)34(2)3/h18-19,22-23,25-26,33-34,41,47H,5-17,20-21,24,27-32H2,1-4H3/t41-,42-/m0/s1. The van der Waals surface area contributed by atoms with Crippen molar-refractivity contribution in [2.75, 3.05) is 20.1 Å². The van der Waals surface area contributed by atoms with Gasteiger partial charge in [0.05, 0.1) is 16.6 Å². The fraction of sp³-hybridized carbons (Fsp3) is 0.690. The lowest BCUT2D eigenvalue weighted by atomic mass is 9.66. The molecule has 4 rings (SSSR count). The minimum atomic E-state index is -0.725. The number of aromatic nitrogens is 2. The van der Waals surface area contributed by atoms with Crippen LogP contribution in [0.25, 0.3) is 11.0 Å². The summed E-state index contributed by atoms with van der Waals surface area (Å²) in [5.74, 6) is 1.47. The maximum atomic E-state index is 13.9. The highest BCUT2D eigenvalue weighted by molar-refractivity contribution is 5.75. The van der Waals surface area contributed by atoms with Crippen LogP contribution in [-0.4, -0.2) is 45.3 Å². The van der Waals surface area contributed by atoms with Gasteiger partial charge in [-0.25, -0.2) is 9.37 Å². The highest BCUT2D eigenvalue weighted by Crippen LogP contribution is 2.45. The lowest BCUT2D eigenvalue weighted by Crippen LogP contribution is -2.45. The molecule has 0 aliphatic heterocycles. The molecule has 47 heavy (non-hydrogen) atoms. The minimum absolute atomic E-state index is 0.0587. The Bertz CT molecular complexity index is 1320. The maximum absolute atomic E-state index is 13.9. The number of halogens is 1. The smallest absolute Gasteiger partial charge is 0.123 e. The van der Waals surface area contributed by atoms with Crippen LogP contribution in [0.4, 0.5) is 4.39 Å². The normalized spacial score (nSPS) is 18.1. The van der Waals surface area contributed by atoms with Gasteiger partial charge in [0.25, 0.3) is 0 Å². The molecule has 0 bridgehead atoms. The summed E-state index contributed by atoms with van der Waals surface area (Å²) in [6.45, 7) is 9.72. The second kappa shape index (κ2) is 19.7. The molecule has 0 spiro atoms. The van der Waals surface area contributed by atoms with Gasteiger partial charge in [-0.2, -0.15) is 0 Å². The molecule has 0 fully saturated rings. The summed E-state index contributed by atoms with van der Waals surface area (Å²) in [7, 11) is 2.19. The molecule has 5 heteroatoms. The number of para-hydroxylation sites is 2. The number of hydrogen-bond acceptors (Lipinski definition) is 3. The molecule has 4 nitrogen and oxygen atoms in total. The molecule has 0 amide bonds. The van der Waals surface area contributed by atoms with Gasteiger partial charge in [-0.3, -0.25) is 0 Å². The Morgan fingerprint density at radius 3 is 2.26 bits per heavy atom. The first-order valence-electron chi connectivity index (χ1n) is 19.5. The van der Waals surface area contributed by atoms with Crippen molar-refractivity contribution in [1.29, 1.82) is 0 Å². The Hall–Kier alpha value is -2.24. The first-order chi connectivity index (χ1) is 22.8. The van der Waals surface area contributed by atoms with Crippen molar-refractivity contribution in [3.63, 3.8) is 0 Å². The van der Waals surface area contributed by atoms with Gasteiger partial charge < -0.3 is 14.6 Å². The van der Waals surface area contributed by atoms with E-state index in [1.165, 1.54) is 108 Å². The van der Waals surface area contributed by atoms with E-state index in [2.05, 4.69) is 61.6 Å². The van der Waals surface area contributed by atoms with E-state index in [1.807, 2.05) is 6.07 Å². The number of aryl methyl sites for hydroxylation is 3. The van der Waals surface area contributed by atoms with Crippen molar-refractivity contribution in [2.45, 2.75) is 161 Å². The van der Waals surface area contributed by atoms with E-state index in [0.717, 1.165) is 55.5 Å². The van der Waals surface area contributed by atoms with Gasteiger partial charge in [0.1, 0.15) is 11.6 Å². The molecule has 0 unspecified atom stereocenters. The molecular formula is C42H66FN3O. The van der Waals surface area contributed by atoms with Crippen LogP contribution in [-0.2, 0) is 19.4 Å². The third-order valence-corrected chi connectivity index (χ3v) is 10.8. The monoisotopic (exact) mass is 648 g/mol. The maximum Gasteiger partial charge on any atom is 0.123 e. The molecule has 0 saturated heterocycles. The van der Waals surface area contributed by atoms with Crippen molar-refractivity contribution >= 4 is 11.0 Å². The van der Waals surface area contributed by atoms with Gasteiger partial charge >= 0.3 is 0 Å². The van der Waals surface area contributed by atoms with Gasteiger partial charge in [0.2, 0.25) is 0 Å². The number of imidazole rings is 1. The molecule has 1 heterocycles. The number of fused-ring (bicyclic) bond motifs is 2.